The van der Waals surface area contributed by atoms with Gasteiger partial charge in [-0.05, 0) is 11.1 Å². The maximum absolute atomic E-state index is 12.7. The minimum atomic E-state index is -1.04. The van der Waals surface area contributed by atoms with Crippen molar-refractivity contribution < 1.29 is 19.4 Å². The highest BCUT2D eigenvalue weighted by Crippen LogP contribution is 2.21. The normalized spacial score (nSPS) is 13.1. The first-order valence-electron chi connectivity index (χ1n) is 7.65. The van der Waals surface area contributed by atoms with Gasteiger partial charge in [-0.2, -0.15) is 0 Å². The van der Waals surface area contributed by atoms with Crippen LogP contribution in [0.5, 0.6) is 0 Å². The van der Waals surface area contributed by atoms with Gasteiger partial charge < -0.3 is 14.7 Å². The zero-order valence-corrected chi connectivity index (χ0v) is 13.8. The number of hydrogen-bond acceptors (Lipinski definition) is 3. The van der Waals surface area contributed by atoms with Crippen LogP contribution in [-0.2, 0) is 20.7 Å². The predicted molar refractivity (Wildman–Crippen MR) is 90.5 cm³/mol. The molecule has 0 aliphatic heterocycles. The van der Waals surface area contributed by atoms with Gasteiger partial charge in [0.2, 0.25) is 0 Å². The minimum Gasteiger partial charge on any atom is -0.480 e. The van der Waals surface area contributed by atoms with Gasteiger partial charge in [0.1, 0.15) is 6.04 Å². The van der Waals surface area contributed by atoms with Crippen molar-refractivity contribution in [2.75, 3.05) is 14.2 Å². The van der Waals surface area contributed by atoms with Gasteiger partial charge >= 0.3 is 5.97 Å². The van der Waals surface area contributed by atoms with Crippen molar-refractivity contribution in [3.05, 3.63) is 71.8 Å². The zero-order valence-electron chi connectivity index (χ0n) is 13.8. The Balaban J connectivity index is 2.20. The quantitative estimate of drug-likeness (QED) is 0.848. The molecule has 2 unspecified atom stereocenters. The van der Waals surface area contributed by atoms with Crippen molar-refractivity contribution in [2.24, 2.45) is 0 Å². The molecule has 2 aromatic carbocycles. The summed E-state index contributed by atoms with van der Waals surface area (Å²) in [5.41, 5.74) is 1.55. The van der Waals surface area contributed by atoms with Crippen LogP contribution in [-0.4, -0.2) is 42.1 Å². The van der Waals surface area contributed by atoms with Crippen molar-refractivity contribution >= 4 is 11.9 Å². The van der Waals surface area contributed by atoms with Gasteiger partial charge in [0.15, 0.2) is 6.10 Å². The molecule has 0 bridgehead atoms. The van der Waals surface area contributed by atoms with Crippen LogP contribution in [0.25, 0.3) is 0 Å². The van der Waals surface area contributed by atoms with E-state index in [1.54, 1.807) is 12.1 Å². The lowest BCUT2D eigenvalue weighted by atomic mass is 10.0. The van der Waals surface area contributed by atoms with Crippen LogP contribution in [0.2, 0.25) is 0 Å². The number of ether oxygens (including phenoxy) is 1. The minimum absolute atomic E-state index is 0.240. The molecule has 5 heteroatoms. The number of carboxylic acid groups (broad SMARTS) is 1. The highest BCUT2D eigenvalue weighted by molar-refractivity contribution is 5.87. The number of rotatable bonds is 7. The monoisotopic (exact) mass is 327 g/mol. The number of carbonyl (C=O) groups excluding carboxylic acids is 1. The van der Waals surface area contributed by atoms with Crippen molar-refractivity contribution in [1.29, 1.82) is 0 Å². The number of carbonyl (C=O) groups is 2. The molecule has 2 rings (SSSR count). The van der Waals surface area contributed by atoms with Crippen LogP contribution >= 0.6 is 0 Å². The fourth-order valence-corrected chi connectivity index (χ4v) is 2.57. The van der Waals surface area contributed by atoms with Crippen molar-refractivity contribution in [1.82, 2.24) is 4.90 Å². The number of aliphatic carboxylic acids is 1. The summed E-state index contributed by atoms with van der Waals surface area (Å²) in [6.45, 7) is 0. The Morgan fingerprint density at radius 2 is 1.58 bits per heavy atom. The second-order valence-electron chi connectivity index (χ2n) is 5.52. The Morgan fingerprint density at radius 3 is 2.08 bits per heavy atom. The van der Waals surface area contributed by atoms with E-state index in [1.807, 2.05) is 48.5 Å². The van der Waals surface area contributed by atoms with Crippen molar-refractivity contribution in [2.45, 2.75) is 18.6 Å². The summed E-state index contributed by atoms with van der Waals surface area (Å²) in [7, 11) is 2.94. The molecule has 126 valence electrons. The fraction of sp³-hybridized carbons (Fsp3) is 0.263. The Labute approximate surface area is 141 Å². The molecule has 5 nitrogen and oxygen atoms in total. The topological polar surface area (TPSA) is 66.8 Å². The molecule has 0 heterocycles. The van der Waals surface area contributed by atoms with Crippen LogP contribution in [0, 0.1) is 0 Å². The molecule has 1 amide bonds. The standard InChI is InChI=1S/C19H21NO4/c1-20(16(19(22)23)13-14-9-5-3-6-10-14)18(21)17(24-2)15-11-7-4-8-12-15/h3-12,16-17H,13H2,1-2H3,(H,22,23). The van der Waals surface area contributed by atoms with Gasteiger partial charge in [0.05, 0.1) is 0 Å². The second-order valence-corrected chi connectivity index (χ2v) is 5.52. The molecule has 2 atom stereocenters. The summed E-state index contributed by atoms with van der Waals surface area (Å²) >= 11 is 0. The summed E-state index contributed by atoms with van der Waals surface area (Å²) < 4.78 is 5.32. The Kier molecular flexibility index (Phi) is 6.09. The van der Waals surface area contributed by atoms with E-state index in [1.165, 1.54) is 19.1 Å². The van der Waals surface area contributed by atoms with E-state index in [0.717, 1.165) is 5.56 Å². The lowest BCUT2D eigenvalue weighted by Gasteiger charge is -2.28. The zero-order chi connectivity index (χ0) is 17.5. The summed E-state index contributed by atoms with van der Waals surface area (Å²) in [6.07, 6.45) is -0.585. The third-order valence-corrected chi connectivity index (χ3v) is 3.93. The molecule has 0 aromatic heterocycles. The van der Waals surface area contributed by atoms with Crippen LogP contribution in [0.3, 0.4) is 0 Å². The summed E-state index contributed by atoms with van der Waals surface area (Å²) in [6, 6.07) is 17.3. The van der Waals surface area contributed by atoms with Gasteiger partial charge in [-0.25, -0.2) is 4.79 Å². The summed E-state index contributed by atoms with van der Waals surface area (Å²) in [4.78, 5) is 25.7. The van der Waals surface area contributed by atoms with Gasteiger partial charge in [0, 0.05) is 20.6 Å². The molecule has 0 aliphatic carbocycles. The molecule has 24 heavy (non-hydrogen) atoms. The number of carboxylic acids is 1. The molecule has 0 fully saturated rings. The first-order chi connectivity index (χ1) is 11.5. The van der Waals surface area contributed by atoms with E-state index in [2.05, 4.69) is 0 Å². The Hall–Kier alpha value is -2.66. The average Bonchev–Trinajstić information content (AvgIpc) is 2.61. The third-order valence-electron chi connectivity index (χ3n) is 3.93. The number of benzene rings is 2. The highest BCUT2D eigenvalue weighted by Gasteiger charge is 2.32. The number of likely N-dealkylation sites (N-methyl/N-ethyl adjacent to an activating group) is 1. The number of nitrogens with zero attached hydrogens (tertiary/aromatic N) is 1. The molecule has 0 saturated heterocycles. The maximum atomic E-state index is 12.7. The van der Waals surface area contributed by atoms with E-state index < -0.39 is 18.1 Å². The molecule has 0 spiro atoms. The summed E-state index contributed by atoms with van der Waals surface area (Å²) in [5, 5.41) is 9.54. The molecule has 1 N–H and O–H groups in total. The molecule has 0 aliphatic rings. The lowest BCUT2D eigenvalue weighted by Crippen LogP contribution is -2.46. The van der Waals surface area contributed by atoms with E-state index in [9.17, 15) is 14.7 Å². The average molecular weight is 327 g/mol. The van der Waals surface area contributed by atoms with Gasteiger partial charge in [0.25, 0.3) is 5.91 Å². The SMILES string of the molecule is COC(C(=O)N(C)C(Cc1ccccc1)C(=O)O)c1ccccc1. The first-order valence-corrected chi connectivity index (χ1v) is 7.65. The van der Waals surface area contributed by atoms with Crippen LogP contribution in [0.4, 0.5) is 0 Å². The molecule has 0 radical (unpaired) electrons. The van der Waals surface area contributed by atoms with E-state index >= 15 is 0 Å². The van der Waals surface area contributed by atoms with E-state index in [-0.39, 0.29) is 12.3 Å². The maximum Gasteiger partial charge on any atom is 0.326 e. The van der Waals surface area contributed by atoms with Gasteiger partial charge in [-0.3, -0.25) is 4.79 Å². The highest BCUT2D eigenvalue weighted by atomic mass is 16.5. The Morgan fingerprint density at radius 1 is 1.04 bits per heavy atom. The number of hydrogen-bond donors (Lipinski definition) is 1. The number of amides is 1. The van der Waals surface area contributed by atoms with E-state index in [4.69, 9.17) is 4.74 Å². The first kappa shape index (κ1) is 17.7. The smallest absolute Gasteiger partial charge is 0.326 e. The molecular weight excluding hydrogens is 306 g/mol. The predicted octanol–water partition coefficient (Wildman–Crippen LogP) is 2.53. The molecule has 2 aromatic rings. The molecule has 0 saturated carbocycles. The Bertz CT molecular complexity index is 672. The van der Waals surface area contributed by atoms with Gasteiger partial charge in [-0.15, -0.1) is 0 Å². The summed E-state index contributed by atoms with van der Waals surface area (Å²) in [5.74, 6) is -1.43. The fourth-order valence-electron chi connectivity index (χ4n) is 2.57. The van der Waals surface area contributed by atoms with Crippen LogP contribution in [0.15, 0.2) is 60.7 Å². The van der Waals surface area contributed by atoms with Gasteiger partial charge in [-0.1, -0.05) is 60.7 Å². The van der Waals surface area contributed by atoms with Crippen LogP contribution in [0.1, 0.15) is 17.2 Å². The van der Waals surface area contributed by atoms with E-state index in [0.29, 0.717) is 5.56 Å². The van der Waals surface area contributed by atoms with Crippen molar-refractivity contribution in [3.8, 4) is 0 Å². The molecular formula is C19H21NO4. The second kappa shape index (κ2) is 8.26. The number of methoxy groups -OCH3 is 1. The third kappa shape index (κ3) is 4.20. The van der Waals surface area contributed by atoms with Crippen LogP contribution < -0.4 is 0 Å². The van der Waals surface area contributed by atoms with Crippen molar-refractivity contribution in [3.63, 3.8) is 0 Å². The largest absolute Gasteiger partial charge is 0.480 e. The lowest BCUT2D eigenvalue weighted by molar-refractivity contribution is -0.153.